The van der Waals surface area contributed by atoms with Gasteiger partial charge in [0.1, 0.15) is 5.37 Å². The van der Waals surface area contributed by atoms with Gasteiger partial charge >= 0.3 is 0 Å². The molecule has 2 aromatic carbocycles. The van der Waals surface area contributed by atoms with Crippen LogP contribution in [0.5, 0.6) is 0 Å². The van der Waals surface area contributed by atoms with E-state index in [1.54, 1.807) is 11.3 Å². The van der Waals surface area contributed by atoms with E-state index in [1.807, 2.05) is 47.0 Å². The van der Waals surface area contributed by atoms with Gasteiger partial charge < -0.3 is 4.90 Å². The van der Waals surface area contributed by atoms with Crippen LogP contribution >= 0.6 is 23.1 Å². The van der Waals surface area contributed by atoms with Gasteiger partial charge in [0.25, 0.3) is 5.91 Å². The summed E-state index contributed by atoms with van der Waals surface area (Å²) in [6, 6.07) is 18.5. The molecule has 1 aromatic heterocycles. The fourth-order valence-electron chi connectivity index (χ4n) is 2.99. The van der Waals surface area contributed by atoms with Crippen molar-refractivity contribution in [2.24, 2.45) is 0 Å². The van der Waals surface area contributed by atoms with E-state index in [2.05, 4.69) is 31.2 Å². The molecule has 0 aliphatic carbocycles. The lowest BCUT2D eigenvalue weighted by molar-refractivity contribution is 0.0762. The molecule has 0 bridgehead atoms. The zero-order valence-electron chi connectivity index (χ0n) is 12.9. The number of amides is 1. The standard InChI is InChI=1S/C19H17NOS2/c1-13-6-9-17(23-13)19-20(10-11-22-19)18(21)16-8-7-14-4-2-3-5-15(14)12-16/h2-9,12,19H,10-11H2,1H3. The van der Waals surface area contributed by atoms with Crippen LogP contribution in [-0.2, 0) is 0 Å². The first kappa shape index (κ1) is 14.8. The summed E-state index contributed by atoms with van der Waals surface area (Å²) in [4.78, 5) is 17.6. The summed E-state index contributed by atoms with van der Waals surface area (Å²) in [5.74, 6) is 1.14. The van der Waals surface area contributed by atoms with Gasteiger partial charge in [-0.05, 0) is 42.0 Å². The molecule has 4 rings (SSSR count). The number of hydrogen-bond acceptors (Lipinski definition) is 3. The number of nitrogens with zero attached hydrogens (tertiary/aromatic N) is 1. The normalized spacial score (nSPS) is 17.8. The van der Waals surface area contributed by atoms with Crippen LogP contribution in [0.1, 0.15) is 25.5 Å². The summed E-state index contributed by atoms with van der Waals surface area (Å²) in [6.45, 7) is 2.93. The van der Waals surface area contributed by atoms with Crippen LogP contribution in [0.4, 0.5) is 0 Å². The maximum atomic E-state index is 13.0. The minimum atomic E-state index is 0.136. The molecule has 1 unspecified atom stereocenters. The van der Waals surface area contributed by atoms with Crippen molar-refractivity contribution in [1.82, 2.24) is 4.90 Å². The Hall–Kier alpha value is -1.78. The first-order chi connectivity index (χ1) is 11.2. The van der Waals surface area contributed by atoms with Gasteiger partial charge in [-0.1, -0.05) is 30.3 Å². The largest absolute Gasteiger partial charge is 0.321 e. The number of thiophene rings is 1. The van der Waals surface area contributed by atoms with Crippen molar-refractivity contribution in [3.05, 3.63) is 69.9 Å². The predicted molar refractivity (Wildman–Crippen MR) is 99.2 cm³/mol. The first-order valence-corrected chi connectivity index (χ1v) is 9.56. The fourth-order valence-corrected chi connectivity index (χ4v) is 5.36. The molecule has 1 atom stereocenters. The molecular weight excluding hydrogens is 322 g/mol. The van der Waals surface area contributed by atoms with E-state index in [9.17, 15) is 4.79 Å². The second-order valence-corrected chi connectivity index (χ2v) is 8.24. The monoisotopic (exact) mass is 339 g/mol. The van der Waals surface area contributed by atoms with Gasteiger partial charge in [-0.3, -0.25) is 4.79 Å². The highest BCUT2D eigenvalue weighted by atomic mass is 32.2. The van der Waals surface area contributed by atoms with Crippen LogP contribution in [0.25, 0.3) is 10.8 Å². The van der Waals surface area contributed by atoms with E-state index in [-0.39, 0.29) is 11.3 Å². The summed E-state index contributed by atoms with van der Waals surface area (Å²) in [7, 11) is 0. The first-order valence-electron chi connectivity index (χ1n) is 7.70. The molecule has 3 aromatic rings. The molecule has 0 N–H and O–H groups in total. The second-order valence-electron chi connectivity index (χ2n) is 5.73. The Bertz CT molecular complexity index is 870. The third-order valence-electron chi connectivity index (χ3n) is 4.15. The SMILES string of the molecule is Cc1ccc(C2SCCN2C(=O)c2ccc3ccccc3c2)s1. The minimum absolute atomic E-state index is 0.136. The van der Waals surface area contributed by atoms with Crippen LogP contribution in [-0.4, -0.2) is 23.1 Å². The van der Waals surface area contributed by atoms with Crippen LogP contribution in [0.15, 0.2) is 54.6 Å². The summed E-state index contributed by atoms with van der Waals surface area (Å²) >= 11 is 3.65. The molecule has 4 heteroatoms. The highest BCUT2D eigenvalue weighted by Crippen LogP contribution is 2.41. The molecule has 0 radical (unpaired) electrons. The summed E-state index contributed by atoms with van der Waals surface area (Å²) in [5.41, 5.74) is 0.782. The van der Waals surface area contributed by atoms with Crippen molar-refractivity contribution in [1.29, 1.82) is 0 Å². The molecular formula is C19H17NOS2. The van der Waals surface area contributed by atoms with Gasteiger partial charge in [-0.25, -0.2) is 0 Å². The highest BCUT2D eigenvalue weighted by molar-refractivity contribution is 7.99. The topological polar surface area (TPSA) is 20.3 Å². The molecule has 1 aliphatic rings. The third-order valence-corrected chi connectivity index (χ3v) is 6.60. The number of carbonyl (C=O) groups is 1. The van der Waals surface area contributed by atoms with Crippen LogP contribution < -0.4 is 0 Å². The zero-order chi connectivity index (χ0) is 15.8. The lowest BCUT2D eigenvalue weighted by Crippen LogP contribution is -2.30. The van der Waals surface area contributed by atoms with Crippen molar-refractivity contribution in [3.63, 3.8) is 0 Å². The minimum Gasteiger partial charge on any atom is -0.321 e. The number of thioether (sulfide) groups is 1. The number of benzene rings is 2. The van der Waals surface area contributed by atoms with E-state index in [4.69, 9.17) is 0 Å². The van der Waals surface area contributed by atoms with Crippen molar-refractivity contribution >= 4 is 39.8 Å². The van der Waals surface area contributed by atoms with Gasteiger partial charge in [0, 0.05) is 27.6 Å². The van der Waals surface area contributed by atoms with E-state index in [0.717, 1.165) is 23.2 Å². The maximum absolute atomic E-state index is 13.0. The van der Waals surface area contributed by atoms with Crippen LogP contribution in [0.3, 0.4) is 0 Å². The smallest absolute Gasteiger partial charge is 0.255 e. The van der Waals surface area contributed by atoms with Gasteiger partial charge in [0.2, 0.25) is 0 Å². The molecule has 1 aliphatic heterocycles. The molecule has 116 valence electrons. The number of fused-ring (bicyclic) bond motifs is 1. The molecule has 2 nitrogen and oxygen atoms in total. The Morgan fingerprint density at radius 1 is 1.09 bits per heavy atom. The van der Waals surface area contributed by atoms with Crippen molar-refractivity contribution < 1.29 is 4.79 Å². The molecule has 1 fully saturated rings. The van der Waals surface area contributed by atoms with Gasteiger partial charge in [-0.2, -0.15) is 0 Å². The molecule has 1 saturated heterocycles. The van der Waals surface area contributed by atoms with Crippen molar-refractivity contribution in [2.45, 2.75) is 12.3 Å². The molecule has 0 spiro atoms. The maximum Gasteiger partial charge on any atom is 0.255 e. The number of carbonyl (C=O) groups excluding carboxylic acids is 1. The number of aryl methyl sites for hydroxylation is 1. The predicted octanol–water partition coefficient (Wildman–Crippen LogP) is 5.10. The Morgan fingerprint density at radius 3 is 2.70 bits per heavy atom. The lowest BCUT2D eigenvalue weighted by Gasteiger charge is -2.23. The summed E-state index contributed by atoms with van der Waals surface area (Å²) < 4.78 is 0. The fraction of sp³-hybridized carbons (Fsp3) is 0.211. The Kier molecular flexibility index (Phi) is 3.87. The summed E-state index contributed by atoms with van der Waals surface area (Å²) in [6.07, 6.45) is 0. The number of hydrogen-bond donors (Lipinski definition) is 0. The average Bonchev–Trinajstić information content (AvgIpc) is 3.22. The third kappa shape index (κ3) is 2.77. The molecule has 1 amide bonds. The Balaban J connectivity index is 1.66. The quantitative estimate of drug-likeness (QED) is 0.647. The van der Waals surface area contributed by atoms with E-state index in [0.29, 0.717) is 0 Å². The molecule has 23 heavy (non-hydrogen) atoms. The highest BCUT2D eigenvalue weighted by Gasteiger charge is 2.32. The van der Waals surface area contributed by atoms with E-state index in [1.165, 1.54) is 15.1 Å². The molecule has 0 saturated carbocycles. The van der Waals surface area contributed by atoms with E-state index < -0.39 is 0 Å². The van der Waals surface area contributed by atoms with Gasteiger partial charge in [0.05, 0.1) is 0 Å². The second kappa shape index (κ2) is 6.02. The lowest BCUT2D eigenvalue weighted by atomic mass is 10.1. The van der Waals surface area contributed by atoms with Crippen molar-refractivity contribution in [2.75, 3.05) is 12.3 Å². The van der Waals surface area contributed by atoms with Gasteiger partial charge in [-0.15, -0.1) is 23.1 Å². The Morgan fingerprint density at radius 2 is 1.91 bits per heavy atom. The van der Waals surface area contributed by atoms with E-state index >= 15 is 0 Å². The summed E-state index contributed by atoms with van der Waals surface area (Å²) in [5, 5.41) is 2.45. The van der Waals surface area contributed by atoms with Crippen LogP contribution in [0.2, 0.25) is 0 Å². The number of rotatable bonds is 2. The van der Waals surface area contributed by atoms with Gasteiger partial charge in [0.15, 0.2) is 0 Å². The average molecular weight is 339 g/mol. The Labute approximate surface area is 144 Å². The zero-order valence-corrected chi connectivity index (χ0v) is 14.5. The van der Waals surface area contributed by atoms with Crippen molar-refractivity contribution in [3.8, 4) is 0 Å². The van der Waals surface area contributed by atoms with Crippen LogP contribution in [0, 0.1) is 6.92 Å². The molecule has 2 heterocycles.